The normalized spacial score (nSPS) is 11.4. The van der Waals surface area contributed by atoms with Gasteiger partial charge in [0, 0.05) is 45.6 Å². The van der Waals surface area contributed by atoms with Crippen molar-refractivity contribution in [2.24, 2.45) is 0 Å². The van der Waals surface area contributed by atoms with Crippen LogP contribution in [0.3, 0.4) is 0 Å². The first-order chi connectivity index (χ1) is 14.8. The Labute approximate surface area is 193 Å². The molecule has 0 aromatic carbocycles. The third kappa shape index (κ3) is 5.48. The van der Waals surface area contributed by atoms with Crippen molar-refractivity contribution in [2.45, 2.75) is 26.9 Å². The predicted octanol–water partition coefficient (Wildman–Crippen LogP) is 7.98. The van der Waals surface area contributed by atoms with Crippen molar-refractivity contribution >= 4 is 45.3 Å². The highest BCUT2D eigenvalue weighted by Gasteiger charge is 2.11. The lowest BCUT2D eigenvalue weighted by Crippen LogP contribution is -2.03. The minimum absolute atomic E-state index is 0.251. The average molecular weight is 477 g/mol. The van der Waals surface area contributed by atoms with Crippen LogP contribution in [-0.4, -0.2) is 20.2 Å². The molecule has 0 N–H and O–H groups in total. The molecule has 158 valence electrons. The fourth-order valence-electron chi connectivity index (χ4n) is 2.87. The summed E-state index contributed by atoms with van der Waals surface area (Å²) in [6.07, 6.45) is 1.10. The molecule has 0 aliphatic rings. The summed E-state index contributed by atoms with van der Waals surface area (Å²) < 4.78 is 15.9. The number of ether oxygens (including phenoxy) is 3. The molecule has 0 fully saturated rings. The van der Waals surface area contributed by atoms with Crippen molar-refractivity contribution in [1.29, 1.82) is 0 Å². The molecule has 0 amide bonds. The van der Waals surface area contributed by atoms with E-state index in [1.54, 1.807) is 11.3 Å². The molecule has 3 nitrogen and oxygen atoms in total. The maximum absolute atomic E-state index is 5.56. The molecule has 4 rings (SSSR count). The summed E-state index contributed by atoms with van der Waals surface area (Å²) in [5.41, 5.74) is 0. The summed E-state index contributed by atoms with van der Waals surface area (Å²) in [4.78, 5) is 10.6. The minimum Gasteiger partial charge on any atom is -0.356 e. The number of hydrogen-bond donors (Lipinski definition) is 0. The Morgan fingerprint density at radius 1 is 0.533 bits per heavy atom. The Kier molecular flexibility index (Phi) is 7.89. The zero-order chi connectivity index (χ0) is 20.8. The highest BCUT2D eigenvalue weighted by atomic mass is 32.1. The fraction of sp³-hybridized carbons (Fsp3) is 0.304. The van der Waals surface area contributed by atoms with Gasteiger partial charge in [0.25, 0.3) is 0 Å². The van der Waals surface area contributed by atoms with Crippen LogP contribution in [0.1, 0.15) is 23.6 Å². The van der Waals surface area contributed by atoms with Gasteiger partial charge in [0.05, 0.1) is 6.61 Å². The van der Waals surface area contributed by atoms with E-state index >= 15 is 0 Å². The quantitative estimate of drug-likeness (QED) is 0.162. The van der Waals surface area contributed by atoms with E-state index in [-0.39, 0.29) is 13.6 Å². The summed E-state index contributed by atoms with van der Waals surface area (Å²) >= 11 is 7.40. The standard InChI is InChI=1S/C23H24O3S4/c1-3-16-5-7-18(27-16)20-9-11-22(29-20)23-12-10-21(30-23)19-8-6-17(28-19)13-25-15-26-14-24-4-2/h5-12H,3-4,13-15H2,1-2H3. The molecular formula is C23H24O3S4. The minimum atomic E-state index is 0.251. The molecule has 0 bridgehead atoms. The highest BCUT2D eigenvalue weighted by molar-refractivity contribution is 7.28. The monoisotopic (exact) mass is 476 g/mol. The first kappa shape index (κ1) is 21.9. The van der Waals surface area contributed by atoms with Gasteiger partial charge in [-0.15, -0.1) is 45.3 Å². The van der Waals surface area contributed by atoms with E-state index in [2.05, 4.69) is 55.5 Å². The molecule has 4 aromatic heterocycles. The van der Waals surface area contributed by atoms with E-state index in [9.17, 15) is 0 Å². The van der Waals surface area contributed by atoms with Gasteiger partial charge in [-0.05, 0) is 61.9 Å². The van der Waals surface area contributed by atoms with Crippen LogP contribution in [0.15, 0.2) is 48.5 Å². The molecule has 0 saturated heterocycles. The van der Waals surface area contributed by atoms with Crippen molar-refractivity contribution in [3.63, 3.8) is 0 Å². The van der Waals surface area contributed by atoms with Crippen molar-refractivity contribution in [3.8, 4) is 29.3 Å². The fourth-order valence-corrected chi connectivity index (χ4v) is 7.05. The number of rotatable bonds is 11. The first-order valence-corrected chi connectivity index (χ1v) is 13.1. The molecule has 0 atom stereocenters. The van der Waals surface area contributed by atoms with Crippen molar-refractivity contribution in [3.05, 3.63) is 58.3 Å². The van der Waals surface area contributed by atoms with Gasteiger partial charge in [0.15, 0.2) is 0 Å². The number of aryl methyl sites for hydroxylation is 1. The third-order valence-corrected chi connectivity index (χ3v) is 9.44. The largest absolute Gasteiger partial charge is 0.356 e. The summed E-state index contributed by atoms with van der Waals surface area (Å²) in [6, 6.07) is 17.8. The number of thiophene rings is 4. The van der Waals surface area contributed by atoms with Gasteiger partial charge in [0.2, 0.25) is 0 Å². The van der Waals surface area contributed by atoms with E-state index in [0.717, 1.165) is 6.42 Å². The lowest BCUT2D eigenvalue weighted by molar-refractivity contribution is -0.133. The van der Waals surface area contributed by atoms with Crippen LogP contribution >= 0.6 is 45.3 Å². The Balaban J connectivity index is 1.37. The Morgan fingerprint density at radius 3 is 1.53 bits per heavy atom. The van der Waals surface area contributed by atoms with Crippen molar-refractivity contribution < 1.29 is 14.2 Å². The van der Waals surface area contributed by atoms with Gasteiger partial charge < -0.3 is 14.2 Å². The zero-order valence-electron chi connectivity index (χ0n) is 17.0. The molecule has 4 heterocycles. The van der Waals surface area contributed by atoms with Crippen LogP contribution in [0, 0.1) is 0 Å². The van der Waals surface area contributed by atoms with Crippen molar-refractivity contribution in [2.75, 3.05) is 20.2 Å². The molecule has 0 aliphatic carbocycles. The Bertz CT molecular complexity index is 1060. The van der Waals surface area contributed by atoms with Gasteiger partial charge in [-0.25, -0.2) is 0 Å². The molecule has 0 radical (unpaired) electrons. The van der Waals surface area contributed by atoms with Gasteiger partial charge >= 0.3 is 0 Å². The van der Waals surface area contributed by atoms with Gasteiger partial charge in [-0.2, -0.15) is 0 Å². The molecule has 0 aliphatic heterocycles. The summed E-state index contributed by atoms with van der Waals surface area (Å²) in [7, 11) is 0. The molecule has 0 spiro atoms. The SMILES string of the molecule is CCOCOCOCc1ccc(-c2ccc(-c3ccc(-c4ccc(CC)s4)s3)s2)s1. The lowest BCUT2D eigenvalue weighted by Gasteiger charge is -2.04. The molecule has 0 unspecified atom stereocenters. The first-order valence-electron chi connectivity index (χ1n) is 9.88. The van der Waals surface area contributed by atoms with E-state index in [1.165, 1.54) is 39.0 Å². The van der Waals surface area contributed by atoms with E-state index < -0.39 is 0 Å². The predicted molar refractivity (Wildman–Crippen MR) is 131 cm³/mol. The summed E-state index contributed by atoms with van der Waals surface area (Å²) in [6.45, 7) is 5.89. The Morgan fingerprint density at radius 2 is 1.00 bits per heavy atom. The van der Waals surface area contributed by atoms with E-state index in [0.29, 0.717) is 13.2 Å². The van der Waals surface area contributed by atoms with Crippen LogP contribution < -0.4 is 0 Å². The van der Waals surface area contributed by atoms with Crippen LogP contribution in [-0.2, 0) is 27.2 Å². The maximum atomic E-state index is 5.56. The van der Waals surface area contributed by atoms with Gasteiger partial charge in [-0.3, -0.25) is 0 Å². The van der Waals surface area contributed by atoms with Crippen LogP contribution in [0.25, 0.3) is 29.3 Å². The van der Waals surface area contributed by atoms with E-state index in [4.69, 9.17) is 14.2 Å². The highest BCUT2D eigenvalue weighted by Crippen LogP contribution is 2.42. The van der Waals surface area contributed by atoms with Crippen LogP contribution in [0.4, 0.5) is 0 Å². The molecular weight excluding hydrogens is 453 g/mol. The molecule has 7 heteroatoms. The van der Waals surface area contributed by atoms with E-state index in [1.807, 2.05) is 40.9 Å². The van der Waals surface area contributed by atoms with Crippen LogP contribution in [0.5, 0.6) is 0 Å². The average Bonchev–Trinajstić information content (AvgIpc) is 3.55. The summed E-state index contributed by atoms with van der Waals surface area (Å²) in [5.74, 6) is 0. The summed E-state index contributed by atoms with van der Waals surface area (Å²) in [5, 5.41) is 0. The second kappa shape index (κ2) is 10.8. The van der Waals surface area contributed by atoms with Gasteiger partial charge in [0.1, 0.15) is 13.6 Å². The molecule has 30 heavy (non-hydrogen) atoms. The second-order valence-corrected chi connectivity index (χ2v) is 11.0. The smallest absolute Gasteiger partial charge is 0.150 e. The number of hydrogen-bond acceptors (Lipinski definition) is 7. The lowest BCUT2D eigenvalue weighted by atomic mass is 10.3. The third-order valence-electron chi connectivity index (χ3n) is 4.39. The van der Waals surface area contributed by atoms with Crippen LogP contribution in [0.2, 0.25) is 0 Å². The van der Waals surface area contributed by atoms with Crippen molar-refractivity contribution in [1.82, 2.24) is 0 Å². The van der Waals surface area contributed by atoms with Gasteiger partial charge in [-0.1, -0.05) is 6.92 Å². The second-order valence-electron chi connectivity index (χ2n) is 6.49. The topological polar surface area (TPSA) is 27.7 Å². The maximum Gasteiger partial charge on any atom is 0.150 e. The zero-order valence-corrected chi connectivity index (χ0v) is 20.3. The molecule has 0 saturated carbocycles. The Hall–Kier alpha value is -1.32. The molecule has 4 aromatic rings.